The van der Waals surface area contributed by atoms with Gasteiger partial charge in [-0.1, -0.05) is 0 Å². The Morgan fingerprint density at radius 2 is 1.75 bits per heavy atom. The summed E-state index contributed by atoms with van der Waals surface area (Å²) in [6.45, 7) is 2.11. The van der Waals surface area contributed by atoms with Crippen LogP contribution in [-0.4, -0.2) is 13.9 Å². The molecule has 8 heavy (non-hydrogen) atoms. The van der Waals surface area contributed by atoms with Crippen LogP contribution in [-0.2, 0) is 0 Å². The molecule has 0 saturated carbocycles. The Morgan fingerprint density at radius 1 is 1.25 bits per heavy atom. The zero-order valence-electron chi connectivity index (χ0n) is 5.35. The van der Waals surface area contributed by atoms with Gasteiger partial charge in [-0.25, -0.2) is 0 Å². The summed E-state index contributed by atoms with van der Waals surface area (Å²) in [5.74, 6) is 0. The van der Waals surface area contributed by atoms with E-state index in [1.807, 2.05) is 0 Å². The van der Waals surface area contributed by atoms with Crippen LogP contribution in [0.5, 0.6) is 0 Å². The summed E-state index contributed by atoms with van der Waals surface area (Å²) >= 11 is -2.61. The number of hydrogen-bond donors (Lipinski definition) is 3. The molecular formula is C4H15GeN3. The minimum atomic E-state index is -2.61. The second kappa shape index (κ2) is 3.45. The molecule has 0 aliphatic carbocycles. The van der Waals surface area contributed by atoms with Crippen LogP contribution in [0.2, 0.25) is 5.25 Å². The van der Waals surface area contributed by atoms with Crippen molar-refractivity contribution in [1.82, 2.24) is 0 Å². The third kappa shape index (κ3) is 6.42. The average Bonchev–Trinajstić information content (AvgIpc) is 1.59. The van der Waals surface area contributed by atoms with Crippen LogP contribution in [0.25, 0.3) is 0 Å². The van der Waals surface area contributed by atoms with E-state index in [0.29, 0.717) is 0 Å². The van der Waals surface area contributed by atoms with Gasteiger partial charge in [-0.2, -0.15) is 0 Å². The van der Waals surface area contributed by atoms with Gasteiger partial charge in [0.1, 0.15) is 0 Å². The summed E-state index contributed by atoms with van der Waals surface area (Å²) in [5, 5.41) is 0.885. The molecular weight excluding hydrogens is 163 g/mol. The van der Waals surface area contributed by atoms with Gasteiger partial charge in [-0.15, -0.1) is 0 Å². The maximum atomic E-state index is 5.46. The van der Waals surface area contributed by atoms with E-state index < -0.39 is 13.9 Å². The third-order valence-corrected chi connectivity index (χ3v) is 3.52. The van der Waals surface area contributed by atoms with Gasteiger partial charge in [0.25, 0.3) is 0 Å². The van der Waals surface area contributed by atoms with Crippen molar-refractivity contribution in [2.75, 3.05) is 0 Å². The summed E-state index contributed by atoms with van der Waals surface area (Å²) in [5.41, 5.74) is 0. The maximum absolute atomic E-state index is 5.46. The molecule has 0 spiro atoms. The first kappa shape index (κ1) is 8.42. The Balaban J connectivity index is 3.11. The van der Waals surface area contributed by atoms with Gasteiger partial charge >= 0.3 is 53.0 Å². The van der Waals surface area contributed by atoms with Crippen LogP contribution >= 0.6 is 0 Å². The number of unbranched alkanes of at least 4 members (excludes halogenated alkanes) is 1. The SMILES string of the molecule is CCC[CH2][Ge]([NH2])([NH2])[NH2]. The molecule has 0 aromatic rings. The molecule has 0 fully saturated rings. The van der Waals surface area contributed by atoms with Gasteiger partial charge in [0, 0.05) is 0 Å². The van der Waals surface area contributed by atoms with Crippen molar-refractivity contribution in [3.05, 3.63) is 0 Å². The van der Waals surface area contributed by atoms with E-state index in [-0.39, 0.29) is 0 Å². The summed E-state index contributed by atoms with van der Waals surface area (Å²) in [4.78, 5) is 0. The van der Waals surface area contributed by atoms with E-state index in [9.17, 15) is 0 Å². The molecule has 0 rings (SSSR count). The molecule has 0 heterocycles. The molecule has 4 heteroatoms. The fraction of sp³-hybridized carbons (Fsp3) is 1.00. The minimum absolute atomic E-state index is 0.885. The van der Waals surface area contributed by atoms with Crippen molar-refractivity contribution in [2.24, 2.45) is 14.1 Å². The van der Waals surface area contributed by atoms with E-state index in [1.54, 1.807) is 0 Å². The van der Waals surface area contributed by atoms with Crippen LogP contribution in [0.4, 0.5) is 0 Å². The summed E-state index contributed by atoms with van der Waals surface area (Å²) in [6.07, 6.45) is 2.22. The standard InChI is InChI=1S/C4H15GeN3/c1-2-3-4-5(6,7)8/h2-4,6-8H2,1H3. The zero-order chi connectivity index (χ0) is 6.62. The van der Waals surface area contributed by atoms with Crippen LogP contribution in [0, 0.1) is 0 Å². The van der Waals surface area contributed by atoms with Gasteiger partial charge in [0.05, 0.1) is 0 Å². The molecule has 0 unspecified atom stereocenters. The van der Waals surface area contributed by atoms with Crippen molar-refractivity contribution in [3.8, 4) is 0 Å². The fourth-order valence-electron chi connectivity index (χ4n) is 0.483. The first-order chi connectivity index (χ1) is 3.56. The van der Waals surface area contributed by atoms with Crippen LogP contribution < -0.4 is 14.1 Å². The molecule has 0 aliphatic heterocycles. The molecule has 0 aromatic heterocycles. The Morgan fingerprint density at radius 3 is 1.88 bits per heavy atom. The zero-order valence-corrected chi connectivity index (χ0v) is 7.45. The summed E-state index contributed by atoms with van der Waals surface area (Å²) < 4.78 is 16.4. The normalized spacial score (nSPS) is 12.0. The van der Waals surface area contributed by atoms with Crippen LogP contribution in [0.3, 0.4) is 0 Å². The molecule has 0 amide bonds. The fourth-order valence-corrected chi connectivity index (χ4v) is 2.51. The summed E-state index contributed by atoms with van der Waals surface area (Å²) in [7, 11) is 0. The predicted octanol–water partition coefficient (Wildman–Crippen LogP) is -0.398. The van der Waals surface area contributed by atoms with Crippen LogP contribution in [0.15, 0.2) is 0 Å². The molecule has 3 nitrogen and oxygen atoms in total. The van der Waals surface area contributed by atoms with Crippen molar-refractivity contribution in [3.63, 3.8) is 0 Å². The number of nitrogens with two attached hydrogens (primary N) is 3. The summed E-state index contributed by atoms with van der Waals surface area (Å²) in [6, 6.07) is 0. The van der Waals surface area contributed by atoms with E-state index in [2.05, 4.69) is 6.92 Å². The van der Waals surface area contributed by atoms with Crippen molar-refractivity contribution in [2.45, 2.75) is 25.0 Å². The predicted molar refractivity (Wildman–Crippen MR) is 38.0 cm³/mol. The Hall–Kier alpha value is 0.423. The van der Waals surface area contributed by atoms with Crippen molar-refractivity contribution >= 4 is 13.9 Å². The molecule has 0 atom stereocenters. The second-order valence-corrected chi connectivity index (χ2v) is 7.93. The molecule has 50 valence electrons. The number of rotatable bonds is 3. The molecule has 0 radical (unpaired) electrons. The van der Waals surface area contributed by atoms with E-state index in [1.165, 1.54) is 0 Å². The van der Waals surface area contributed by atoms with Crippen LogP contribution in [0.1, 0.15) is 19.8 Å². The van der Waals surface area contributed by atoms with E-state index in [0.717, 1.165) is 18.1 Å². The Labute approximate surface area is 53.6 Å². The molecule has 0 aliphatic rings. The monoisotopic (exact) mass is 179 g/mol. The third-order valence-electron chi connectivity index (χ3n) is 0.963. The number of hydrogen-bond acceptors (Lipinski definition) is 3. The van der Waals surface area contributed by atoms with Crippen molar-refractivity contribution in [1.29, 1.82) is 0 Å². The van der Waals surface area contributed by atoms with Gasteiger partial charge in [-0.3, -0.25) is 0 Å². The quantitative estimate of drug-likeness (QED) is 0.514. The molecule has 0 bridgehead atoms. The molecule has 0 aromatic carbocycles. The first-order valence-corrected chi connectivity index (χ1v) is 8.04. The van der Waals surface area contributed by atoms with E-state index in [4.69, 9.17) is 14.1 Å². The Kier molecular flexibility index (Phi) is 3.63. The van der Waals surface area contributed by atoms with Gasteiger partial charge < -0.3 is 0 Å². The second-order valence-electron chi connectivity index (χ2n) is 2.22. The van der Waals surface area contributed by atoms with Gasteiger partial charge in [0.2, 0.25) is 0 Å². The van der Waals surface area contributed by atoms with Gasteiger partial charge in [0.15, 0.2) is 0 Å². The van der Waals surface area contributed by atoms with Gasteiger partial charge in [-0.05, 0) is 0 Å². The van der Waals surface area contributed by atoms with Crippen molar-refractivity contribution < 1.29 is 0 Å². The average molecular weight is 178 g/mol. The first-order valence-electron chi connectivity index (χ1n) is 2.93. The molecule has 0 saturated heterocycles. The topological polar surface area (TPSA) is 78.1 Å². The molecule has 6 N–H and O–H groups in total. The van der Waals surface area contributed by atoms with E-state index >= 15 is 0 Å². The Bertz CT molecular complexity index is 58.8.